The van der Waals surface area contributed by atoms with Crippen molar-refractivity contribution in [3.05, 3.63) is 47.1 Å². The van der Waals surface area contributed by atoms with Gasteiger partial charge in [-0.15, -0.1) is 23.7 Å². The molecule has 5 nitrogen and oxygen atoms in total. The van der Waals surface area contributed by atoms with E-state index in [0.717, 1.165) is 36.6 Å². The minimum absolute atomic E-state index is 0. The molecule has 0 radical (unpaired) electrons. The van der Waals surface area contributed by atoms with Gasteiger partial charge in [0.1, 0.15) is 22.3 Å². The van der Waals surface area contributed by atoms with Crippen molar-refractivity contribution in [3.63, 3.8) is 0 Å². The van der Waals surface area contributed by atoms with E-state index in [-0.39, 0.29) is 24.1 Å². The highest BCUT2D eigenvalue weighted by Crippen LogP contribution is 2.34. The van der Waals surface area contributed by atoms with Crippen LogP contribution in [0.5, 0.6) is 0 Å². The van der Waals surface area contributed by atoms with E-state index in [1.807, 2.05) is 29.9 Å². The first-order valence-electron chi connectivity index (χ1n) is 7.89. The van der Waals surface area contributed by atoms with Crippen LogP contribution in [-0.4, -0.2) is 35.8 Å². The van der Waals surface area contributed by atoms with Gasteiger partial charge in [-0.1, -0.05) is 6.07 Å². The molecule has 132 valence electrons. The highest BCUT2D eigenvalue weighted by Gasteiger charge is 2.38. The largest absolute Gasteiger partial charge is 0.383 e. The second-order valence-electron chi connectivity index (χ2n) is 6.05. The average Bonchev–Trinajstić information content (AvgIpc) is 3.07. The summed E-state index contributed by atoms with van der Waals surface area (Å²) in [7, 11) is 0. The number of likely N-dealkylation sites (tertiary alicyclic amines) is 1. The smallest absolute Gasteiger partial charge is 0.136 e. The number of fused-ring (bicyclic) bond motifs is 1. The average molecular weight is 380 g/mol. The van der Waals surface area contributed by atoms with Gasteiger partial charge >= 0.3 is 0 Å². The van der Waals surface area contributed by atoms with Crippen LogP contribution in [0, 0.1) is 5.82 Å². The van der Waals surface area contributed by atoms with Gasteiger partial charge in [-0.3, -0.25) is 0 Å². The monoisotopic (exact) mass is 379 g/mol. The van der Waals surface area contributed by atoms with Crippen molar-refractivity contribution in [1.29, 1.82) is 0 Å². The lowest BCUT2D eigenvalue weighted by atomic mass is 9.94. The van der Waals surface area contributed by atoms with Crippen LogP contribution < -0.4 is 11.1 Å². The molecule has 25 heavy (non-hydrogen) atoms. The number of thiophene rings is 1. The van der Waals surface area contributed by atoms with Crippen molar-refractivity contribution in [2.45, 2.75) is 18.5 Å². The number of nitrogens with zero attached hydrogens (tertiary/aromatic N) is 3. The fourth-order valence-electron chi connectivity index (χ4n) is 3.18. The maximum atomic E-state index is 13.9. The van der Waals surface area contributed by atoms with Crippen molar-refractivity contribution in [1.82, 2.24) is 4.90 Å². The molecule has 0 amide bonds. The molecule has 1 spiro atoms. The predicted molar refractivity (Wildman–Crippen MR) is 104 cm³/mol. The Balaban J connectivity index is 0.00000182. The zero-order chi connectivity index (χ0) is 16.6. The molecule has 0 aliphatic carbocycles. The maximum Gasteiger partial charge on any atom is 0.136 e. The number of hydrogen-bond donors (Lipinski definition) is 2. The van der Waals surface area contributed by atoms with Gasteiger partial charge in [0.15, 0.2) is 0 Å². The van der Waals surface area contributed by atoms with Gasteiger partial charge in [0, 0.05) is 31.6 Å². The molecular formula is C17H19ClFN5S. The van der Waals surface area contributed by atoms with Crippen molar-refractivity contribution >= 4 is 46.6 Å². The molecule has 0 atom stereocenters. The van der Waals surface area contributed by atoms with E-state index < -0.39 is 5.66 Å². The van der Waals surface area contributed by atoms with Crippen LogP contribution in [0.4, 0.5) is 15.1 Å². The number of benzene rings is 1. The number of aliphatic imine (C=N–C) groups is 2. The third kappa shape index (κ3) is 3.48. The molecule has 8 heteroatoms. The maximum absolute atomic E-state index is 13.9. The van der Waals surface area contributed by atoms with E-state index >= 15 is 0 Å². The van der Waals surface area contributed by atoms with Gasteiger partial charge in [0.05, 0.1) is 11.9 Å². The number of piperidine rings is 1. The van der Waals surface area contributed by atoms with E-state index in [0.29, 0.717) is 5.56 Å². The van der Waals surface area contributed by atoms with E-state index in [1.54, 1.807) is 17.4 Å². The van der Waals surface area contributed by atoms with Gasteiger partial charge < -0.3 is 16.0 Å². The first-order chi connectivity index (χ1) is 11.7. The van der Waals surface area contributed by atoms with E-state index in [4.69, 9.17) is 5.73 Å². The summed E-state index contributed by atoms with van der Waals surface area (Å²) in [5.74, 6) is -0.0563. The molecule has 1 aromatic heterocycles. The normalized spacial score (nSPS) is 18.4. The van der Waals surface area contributed by atoms with Gasteiger partial charge in [0.25, 0.3) is 0 Å². The van der Waals surface area contributed by atoms with Crippen LogP contribution in [0.3, 0.4) is 0 Å². The summed E-state index contributed by atoms with van der Waals surface area (Å²) in [6.45, 7) is 1.65. The first kappa shape index (κ1) is 17.7. The third-order valence-electron chi connectivity index (χ3n) is 4.45. The lowest BCUT2D eigenvalue weighted by molar-refractivity contribution is 0.257. The summed E-state index contributed by atoms with van der Waals surface area (Å²) >= 11 is 1.62. The van der Waals surface area contributed by atoms with Crippen molar-refractivity contribution in [2.75, 3.05) is 18.4 Å². The van der Waals surface area contributed by atoms with Gasteiger partial charge in [0.2, 0.25) is 0 Å². The highest BCUT2D eigenvalue weighted by atomic mass is 35.5. The van der Waals surface area contributed by atoms with Crippen molar-refractivity contribution in [3.8, 4) is 0 Å². The lowest BCUT2D eigenvalue weighted by Gasteiger charge is -2.42. The second kappa shape index (κ2) is 7.01. The summed E-state index contributed by atoms with van der Waals surface area (Å²) in [6, 6.07) is 8.93. The fourth-order valence-corrected chi connectivity index (χ4v) is 3.74. The molecule has 0 bridgehead atoms. The van der Waals surface area contributed by atoms with Crippen LogP contribution in [-0.2, 0) is 0 Å². The number of nitrogens with one attached hydrogen (secondary N) is 1. The fraction of sp³-hybridized carbons (Fsp3) is 0.294. The predicted octanol–water partition coefficient (Wildman–Crippen LogP) is 3.59. The van der Waals surface area contributed by atoms with Gasteiger partial charge in [-0.2, -0.15) is 0 Å². The van der Waals surface area contributed by atoms with E-state index in [9.17, 15) is 4.39 Å². The molecule has 1 saturated heterocycles. The standard InChI is InChI=1S/C17H18FN5S.ClH/c18-12-3-1-4-13-15(12)16(19)22-17(21-13)6-8-23(9-7-17)11-20-14-5-2-10-24-14;/h1-5,10-11,21H,6-9H2,(H2,19,22);1H/b20-11+;. The summed E-state index contributed by atoms with van der Waals surface area (Å²) in [4.78, 5) is 11.2. The van der Waals surface area contributed by atoms with Crippen molar-refractivity contribution in [2.24, 2.45) is 15.7 Å². The van der Waals surface area contributed by atoms with Crippen LogP contribution in [0.25, 0.3) is 0 Å². The summed E-state index contributed by atoms with van der Waals surface area (Å²) < 4.78 is 13.9. The third-order valence-corrected chi connectivity index (χ3v) is 5.23. The Bertz CT molecular complexity index is 797. The molecule has 1 fully saturated rings. The summed E-state index contributed by atoms with van der Waals surface area (Å²) in [6.07, 6.45) is 3.47. The molecule has 2 aliphatic rings. The Morgan fingerprint density at radius 2 is 2.08 bits per heavy atom. The highest BCUT2D eigenvalue weighted by molar-refractivity contribution is 7.13. The molecule has 4 rings (SSSR count). The van der Waals surface area contributed by atoms with Gasteiger partial charge in [-0.25, -0.2) is 14.4 Å². The SMILES string of the molecule is Cl.NC1=NC2(CCN(/C=N/c3cccs3)CC2)Nc2cccc(F)c21. The Kier molecular flexibility index (Phi) is 4.96. The van der Waals surface area contributed by atoms with E-state index in [2.05, 4.69) is 20.2 Å². The number of halogens is 2. The molecule has 1 aromatic carbocycles. The molecule has 2 aliphatic heterocycles. The topological polar surface area (TPSA) is 66.0 Å². The first-order valence-corrected chi connectivity index (χ1v) is 8.77. The Hall–Kier alpha value is -2.12. The van der Waals surface area contributed by atoms with E-state index in [1.165, 1.54) is 6.07 Å². The Labute approximate surface area is 155 Å². The Morgan fingerprint density at radius 3 is 2.80 bits per heavy atom. The second-order valence-corrected chi connectivity index (χ2v) is 6.97. The molecule has 0 saturated carbocycles. The quantitative estimate of drug-likeness (QED) is 0.619. The minimum atomic E-state index is -0.446. The van der Waals surface area contributed by atoms with Crippen molar-refractivity contribution < 1.29 is 4.39 Å². The molecule has 3 heterocycles. The molecular weight excluding hydrogens is 361 g/mol. The lowest BCUT2D eigenvalue weighted by Crippen LogP contribution is -2.50. The molecule has 2 aromatic rings. The number of rotatable bonds is 2. The Morgan fingerprint density at radius 1 is 1.28 bits per heavy atom. The molecule has 0 unspecified atom stereocenters. The van der Waals surface area contributed by atoms with Crippen LogP contribution >= 0.6 is 23.7 Å². The number of hydrogen-bond acceptors (Lipinski definition) is 5. The number of nitrogens with two attached hydrogens (primary N) is 1. The zero-order valence-electron chi connectivity index (χ0n) is 13.5. The van der Waals surface area contributed by atoms with Crippen LogP contribution in [0.2, 0.25) is 0 Å². The van der Waals surface area contributed by atoms with Crippen LogP contribution in [0.1, 0.15) is 18.4 Å². The molecule has 3 N–H and O–H groups in total. The van der Waals surface area contributed by atoms with Gasteiger partial charge in [-0.05, 0) is 29.6 Å². The van der Waals surface area contributed by atoms with Crippen LogP contribution in [0.15, 0.2) is 45.7 Å². The minimum Gasteiger partial charge on any atom is -0.383 e. The number of amidine groups is 1. The number of anilines is 1. The summed E-state index contributed by atoms with van der Waals surface area (Å²) in [5, 5.41) is 6.41. The zero-order valence-corrected chi connectivity index (χ0v) is 15.1. The summed E-state index contributed by atoms with van der Waals surface area (Å²) in [5.41, 5.74) is 6.70.